The lowest BCUT2D eigenvalue weighted by Gasteiger charge is -2.12. The molecule has 2 nitrogen and oxygen atoms in total. The first kappa shape index (κ1) is 13.3. The summed E-state index contributed by atoms with van der Waals surface area (Å²) < 4.78 is 10.7. The predicted octanol–water partition coefficient (Wildman–Crippen LogP) is 4.55. The van der Waals surface area contributed by atoms with E-state index in [9.17, 15) is 0 Å². The van der Waals surface area contributed by atoms with Gasteiger partial charge >= 0.3 is 0 Å². The molecule has 1 unspecified atom stereocenters. The lowest BCUT2D eigenvalue weighted by atomic mass is 10.00. The van der Waals surface area contributed by atoms with E-state index in [1.807, 2.05) is 18.2 Å². The van der Waals surface area contributed by atoms with E-state index in [4.69, 9.17) is 21.1 Å². The molecule has 2 aromatic carbocycles. The summed E-state index contributed by atoms with van der Waals surface area (Å²) in [7, 11) is 0. The van der Waals surface area contributed by atoms with E-state index < -0.39 is 0 Å². The standard InChI is InChI=1S/C17H17ClO2/c1-11-3-4-13(7-12(11)2)8-15(18)14-5-6-16-17(9-14)20-10-19-16/h3-7,9,15H,8,10H2,1-2H3. The highest BCUT2D eigenvalue weighted by molar-refractivity contribution is 6.21. The van der Waals surface area contributed by atoms with E-state index >= 15 is 0 Å². The molecule has 3 heteroatoms. The molecule has 0 bridgehead atoms. The Morgan fingerprint density at radius 3 is 2.60 bits per heavy atom. The quantitative estimate of drug-likeness (QED) is 0.771. The highest BCUT2D eigenvalue weighted by atomic mass is 35.5. The number of benzene rings is 2. The van der Waals surface area contributed by atoms with Gasteiger partial charge in [0.25, 0.3) is 0 Å². The van der Waals surface area contributed by atoms with Crippen LogP contribution in [-0.4, -0.2) is 6.79 Å². The molecule has 0 radical (unpaired) electrons. The van der Waals surface area contributed by atoms with Crippen molar-refractivity contribution in [3.8, 4) is 11.5 Å². The van der Waals surface area contributed by atoms with Gasteiger partial charge in [-0.3, -0.25) is 0 Å². The SMILES string of the molecule is Cc1ccc(CC(Cl)c2ccc3c(c2)OCO3)cc1C. The maximum absolute atomic E-state index is 6.54. The van der Waals surface area contributed by atoms with Gasteiger partial charge in [-0.05, 0) is 54.7 Å². The van der Waals surface area contributed by atoms with Crippen LogP contribution >= 0.6 is 11.6 Å². The summed E-state index contributed by atoms with van der Waals surface area (Å²) in [5.41, 5.74) is 4.93. The molecular formula is C17H17ClO2. The van der Waals surface area contributed by atoms with E-state index in [1.54, 1.807) is 0 Å². The van der Waals surface area contributed by atoms with Gasteiger partial charge < -0.3 is 9.47 Å². The first-order valence-corrected chi connectivity index (χ1v) is 7.17. The summed E-state index contributed by atoms with van der Waals surface area (Å²) in [6.45, 7) is 4.54. The lowest BCUT2D eigenvalue weighted by Crippen LogP contribution is -1.97. The molecule has 1 aliphatic heterocycles. The molecule has 2 aromatic rings. The van der Waals surface area contributed by atoms with Gasteiger partial charge in [0, 0.05) is 0 Å². The number of rotatable bonds is 3. The number of fused-ring (bicyclic) bond motifs is 1. The van der Waals surface area contributed by atoms with Crippen molar-refractivity contribution < 1.29 is 9.47 Å². The van der Waals surface area contributed by atoms with Crippen LogP contribution in [0.25, 0.3) is 0 Å². The fraction of sp³-hybridized carbons (Fsp3) is 0.294. The highest BCUT2D eigenvalue weighted by Crippen LogP contribution is 2.36. The Balaban J connectivity index is 1.78. The van der Waals surface area contributed by atoms with Crippen LogP contribution < -0.4 is 9.47 Å². The molecule has 104 valence electrons. The minimum absolute atomic E-state index is 0.0633. The number of halogens is 1. The fourth-order valence-electron chi connectivity index (χ4n) is 2.36. The predicted molar refractivity (Wildman–Crippen MR) is 80.8 cm³/mol. The topological polar surface area (TPSA) is 18.5 Å². The zero-order valence-electron chi connectivity index (χ0n) is 11.7. The monoisotopic (exact) mass is 288 g/mol. The number of hydrogen-bond acceptors (Lipinski definition) is 2. The third-order valence-electron chi connectivity index (χ3n) is 3.74. The minimum Gasteiger partial charge on any atom is -0.454 e. The van der Waals surface area contributed by atoms with Crippen molar-refractivity contribution in [3.05, 3.63) is 58.7 Å². The smallest absolute Gasteiger partial charge is 0.231 e. The van der Waals surface area contributed by atoms with Crippen LogP contribution in [0.4, 0.5) is 0 Å². The van der Waals surface area contributed by atoms with Gasteiger partial charge in [-0.1, -0.05) is 24.3 Å². The first-order valence-electron chi connectivity index (χ1n) is 6.73. The molecule has 0 N–H and O–H groups in total. The van der Waals surface area contributed by atoms with Crippen LogP contribution in [0.1, 0.15) is 27.6 Å². The van der Waals surface area contributed by atoms with E-state index in [-0.39, 0.29) is 5.38 Å². The Labute approximate surface area is 124 Å². The third-order valence-corrected chi connectivity index (χ3v) is 4.15. The molecule has 0 saturated heterocycles. The molecule has 0 spiro atoms. The van der Waals surface area contributed by atoms with Crippen molar-refractivity contribution in [2.24, 2.45) is 0 Å². The Hall–Kier alpha value is -1.67. The number of hydrogen-bond donors (Lipinski definition) is 0. The number of ether oxygens (including phenoxy) is 2. The van der Waals surface area contributed by atoms with Gasteiger partial charge in [0.2, 0.25) is 6.79 Å². The lowest BCUT2D eigenvalue weighted by molar-refractivity contribution is 0.174. The van der Waals surface area contributed by atoms with Crippen LogP contribution in [0, 0.1) is 13.8 Å². The highest BCUT2D eigenvalue weighted by Gasteiger charge is 2.17. The second-order valence-electron chi connectivity index (χ2n) is 5.20. The summed E-state index contributed by atoms with van der Waals surface area (Å²) in [5, 5.41) is -0.0633. The minimum atomic E-state index is -0.0633. The van der Waals surface area contributed by atoms with Gasteiger partial charge in [-0.15, -0.1) is 11.6 Å². The second-order valence-corrected chi connectivity index (χ2v) is 5.73. The number of alkyl halides is 1. The summed E-state index contributed by atoms with van der Waals surface area (Å²) >= 11 is 6.54. The largest absolute Gasteiger partial charge is 0.454 e. The summed E-state index contributed by atoms with van der Waals surface area (Å²) in [5.74, 6) is 1.58. The molecule has 0 aromatic heterocycles. The van der Waals surface area contributed by atoms with Crippen molar-refractivity contribution in [2.75, 3.05) is 6.79 Å². The average molecular weight is 289 g/mol. The van der Waals surface area contributed by atoms with Crippen LogP contribution in [0.15, 0.2) is 36.4 Å². The van der Waals surface area contributed by atoms with E-state index in [0.717, 1.165) is 23.5 Å². The average Bonchev–Trinajstić information content (AvgIpc) is 2.90. The molecule has 3 rings (SSSR count). The normalized spacial score (nSPS) is 14.3. The third kappa shape index (κ3) is 2.61. The molecule has 20 heavy (non-hydrogen) atoms. The summed E-state index contributed by atoms with van der Waals surface area (Å²) in [6.07, 6.45) is 0.808. The maximum Gasteiger partial charge on any atom is 0.231 e. The van der Waals surface area contributed by atoms with Crippen molar-refractivity contribution >= 4 is 11.6 Å². The Morgan fingerprint density at radius 2 is 1.80 bits per heavy atom. The second kappa shape index (κ2) is 5.37. The maximum atomic E-state index is 6.54. The molecule has 1 heterocycles. The molecule has 0 saturated carbocycles. The van der Waals surface area contributed by atoms with Crippen LogP contribution in [0.3, 0.4) is 0 Å². The van der Waals surface area contributed by atoms with Gasteiger partial charge in [-0.2, -0.15) is 0 Å². The summed E-state index contributed by atoms with van der Waals surface area (Å²) in [6, 6.07) is 12.4. The van der Waals surface area contributed by atoms with Crippen LogP contribution in [-0.2, 0) is 6.42 Å². The molecule has 1 aliphatic rings. The molecular weight excluding hydrogens is 272 g/mol. The Morgan fingerprint density at radius 1 is 1.00 bits per heavy atom. The van der Waals surface area contributed by atoms with E-state index in [0.29, 0.717) is 6.79 Å². The van der Waals surface area contributed by atoms with E-state index in [1.165, 1.54) is 16.7 Å². The van der Waals surface area contributed by atoms with Crippen LogP contribution in [0.2, 0.25) is 0 Å². The molecule has 1 atom stereocenters. The first-order chi connectivity index (χ1) is 9.63. The zero-order chi connectivity index (χ0) is 14.1. The van der Waals surface area contributed by atoms with Crippen molar-refractivity contribution in [2.45, 2.75) is 25.6 Å². The van der Waals surface area contributed by atoms with Gasteiger partial charge in [0.15, 0.2) is 11.5 Å². The summed E-state index contributed by atoms with van der Waals surface area (Å²) in [4.78, 5) is 0. The Kier molecular flexibility index (Phi) is 3.58. The zero-order valence-corrected chi connectivity index (χ0v) is 12.4. The van der Waals surface area contributed by atoms with Crippen molar-refractivity contribution in [3.63, 3.8) is 0 Å². The van der Waals surface area contributed by atoms with Crippen LogP contribution in [0.5, 0.6) is 11.5 Å². The molecule has 0 fully saturated rings. The van der Waals surface area contributed by atoms with Gasteiger partial charge in [0.1, 0.15) is 0 Å². The van der Waals surface area contributed by atoms with Gasteiger partial charge in [-0.25, -0.2) is 0 Å². The van der Waals surface area contributed by atoms with Crippen molar-refractivity contribution in [1.29, 1.82) is 0 Å². The van der Waals surface area contributed by atoms with Crippen molar-refractivity contribution in [1.82, 2.24) is 0 Å². The number of aryl methyl sites for hydroxylation is 2. The Bertz CT molecular complexity index is 637. The molecule has 0 aliphatic carbocycles. The van der Waals surface area contributed by atoms with Gasteiger partial charge in [0.05, 0.1) is 5.38 Å². The fourth-order valence-corrected chi connectivity index (χ4v) is 2.68. The molecule has 0 amide bonds. The van der Waals surface area contributed by atoms with E-state index in [2.05, 4.69) is 32.0 Å².